The van der Waals surface area contributed by atoms with E-state index in [9.17, 15) is 13.2 Å². The van der Waals surface area contributed by atoms with Gasteiger partial charge in [0.25, 0.3) is 0 Å². The van der Waals surface area contributed by atoms with Crippen LogP contribution in [0.1, 0.15) is 25.2 Å². The van der Waals surface area contributed by atoms with Crippen molar-refractivity contribution >= 4 is 28.9 Å². The first kappa shape index (κ1) is 20.8. The molecule has 2 aromatic carbocycles. The van der Waals surface area contributed by atoms with E-state index in [0.29, 0.717) is 34.7 Å². The Morgan fingerprint density at radius 2 is 1.72 bits per heavy atom. The van der Waals surface area contributed by atoms with Gasteiger partial charge in [-0.1, -0.05) is 26.0 Å². The van der Waals surface area contributed by atoms with Crippen molar-refractivity contribution in [3.63, 3.8) is 0 Å². The molecule has 0 bridgehead atoms. The molecule has 1 N–H and O–H groups in total. The maximum atomic E-state index is 13.7. The lowest BCUT2D eigenvalue weighted by molar-refractivity contribution is 0.316. The van der Waals surface area contributed by atoms with Crippen LogP contribution < -0.4 is 5.32 Å². The fourth-order valence-electron chi connectivity index (χ4n) is 2.99. The molecule has 1 aromatic heterocycles. The third kappa shape index (κ3) is 5.32. The lowest BCUT2D eigenvalue weighted by Crippen LogP contribution is -2.28. The summed E-state index contributed by atoms with van der Waals surface area (Å²) < 4.78 is 40.2. The monoisotopic (exact) mass is 400 g/mol. The van der Waals surface area contributed by atoms with E-state index in [2.05, 4.69) is 34.0 Å². The Bertz CT molecular complexity index is 1020. The molecule has 29 heavy (non-hydrogen) atoms. The average Bonchev–Trinajstić information content (AvgIpc) is 2.72. The summed E-state index contributed by atoms with van der Waals surface area (Å²) in [5.41, 5.74) is 1.08. The predicted molar refractivity (Wildman–Crippen MR) is 111 cm³/mol. The molecule has 0 aliphatic carbocycles. The highest BCUT2D eigenvalue weighted by Gasteiger charge is 2.09. The topological polar surface area (TPSA) is 41.0 Å². The van der Waals surface area contributed by atoms with E-state index in [0.717, 1.165) is 31.8 Å². The van der Waals surface area contributed by atoms with Gasteiger partial charge in [0, 0.05) is 18.5 Å². The first-order valence-corrected chi connectivity index (χ1v) is 9.56. The first-order valence-electron chi connectivity index (χ1n) is 9.56. The molecule has 0 amide bonds. The van der Waals surface area contributed by atoms with E-state index >= 15 is 0 Å². The summed E-state index contributed by atoms with van der Waals surface area (Å²) in [5, 5.41) is 3.86. The highest BCUT2D eigenvalue weighted by molar-refractivity contribution is 5.90. The number of rotatable bonds is 8. The summed E-state index contributed by atoms with van der Waals surface area (Å²) in [6.45, 7) is 7.56. The maximum absolute atomic E-state index is 13.7. The molecule has 0 aliphatic heterocycles. The summed E-state index contributed by atoms with van der Waals surface area (Å²) in [5.74, 6) is -1.25. The molecule has 0 atom stereocenters. The average molecular weight is 400 g/mol. The van der Waals surface area contributed by atoms with Crippen LogP contribution >= 0.6 is 0 Å². The maximum Gasteiger partial charge on any atom is 0.159 e. The predicted octanol–water partition coefficient (Wildman–Crippen LogP) is 4.97. The van der Waals surface area contributed by atoms with Crippen LogP contribution in [0.3, 0.4) is 0 Å². The summed E-state index contributed by atoms with van der Waals surface area (Å²) in [6, 6.07) is 7.98. The zero-order valence-electron chi connectivity index (χ0n) is 16.4. The number of likely N-dealkylation sites (N-methyl/N-ethyl adjacent to an activating group) is 1. The molecule has 0 spiro atoms. The Labute approximate surface area is 168 Å². The van der Waals surface area contributed by atoms with Crippen LogP contribution in [0.25, 0.3) is 23.1 Å². The molecule has 3 rings (SSSR count). The molecule has 3 aromatic rings. The van der Waals surface area contributed by atoms with Gasteiger partial charge in [-0.25, -0.2) is 23.1 Å². The largest absolute Gasteiger partial charge is 0.368 e. The van der Waals surface area contributed by atoms with Gasteiger partial charge in [0.15, 0.2) is 17.5 Å². The minimum Gasteiger partial charge on any atom is -0.368 e. The van der Waals surface area contributed by atoms with Crippen molar-refractivity contribution in [2.24, 2.45) is 0 Å². The zero-order valence-corrected chi connectivity index (χ0v) is 16.4. The second-order valence-corrected chi connectivity index (χ2v) is 6.55. The minimum atomic E-state index is -0.916. The number of halogens is 3. The number of anilines is 1. The Morgan fingerprint density at radius 3 is 2.45 bits per heavy atom. The lowest BCUT2D eigenvalue weighted by atomic mass is 10.2. The van der Waals surface area contributed by atoms with Crippen LogP contribution in [0.4, 0.5) is 19.0 Å². The van der Waals surface area contributed by atoms with Crippen molar-refractivity contribution in [1.29, 1.82) is 0 Å². The van der Waals surface area contributed by atoms with E-state index in [1.165, 1.54) is 18.2 Å². The van der Waals surface area contributed by atoms with Crippen LogP contribution in [-0.4, -0.2) is 41.0 Å². The SMILES string of the molecule is CCN(CC)CCNc1nc(C=Cc2ccc(F)c(F)c2)nc2ccc(F)cc12. The number of nitrogens with one attached hydrogen (secondary N) is 1. The number of benzene rings is 2. The van der Waals surface area contributed by atoms with Gasteiger partial charge in [-0.3, -0.25) is 0 Å². The summed E-state index contributed by atoms with van der Waals surface area (Å²) in [7, 11) is 0. The molecule has 4 nitrogen and oxygen atoms in total. The van der Waals surface area contributed by atoms with Gasteiger partial charge in [0.05, 0.1) is 5.52 Å². The van der Waals surface area contributed by atoms with Crippen molar-refractivity contribution in [2.45, 2.75) is 13.8 Å². The van der Waals surface area contributed by atoms with E-state index in [4.69, 9.17) is 0 Å². The lowest BCUT2D eigenvalue weighted by Gasteiger charge is -2.18. The van der Waals surface area contributed by atoms with E-state index in [1.807, 2.05) is 0 Å². The molecule has 0 saturated heterocycles. The Kier molecular flexibility index (Phi) is 6.82. The molecule has 0 aliphatic rings. The van der Waals surface area contributed by atoms with Gasteiger partial charge in [0.2, 0.25) is 0 Å². The number of nitrogens with zero attached hydrogens (tertiary/aromatic N) is 3. The minimum absolute atomic E-state index is 0.363. The number of hydrogen-bond donors (Lipinski definition) is 1. The highest BCUT2D eigenvalue weighted by atomic mass is 19.2. The van der Waals surface area contributed by atoms with Crippen molar-refractivity contribution in [3.8, 4) is 0 Å². The molecule has 152 valence electrons. The van der Waals surface area contributed by atoms with Gasteiger partial charge >= 0.3 is 0 Å². The van der Waals surface area contributed by atoms with Gasteiger partial charge in [0.1, 0.15) is 11.6 Å². The van der Waals surface area contributed by atoms with Crippen molar-refractivity contribution in [2.75, 3.05) is 31.5 Å². The third-order valence-corrected chi connectivity index (χ3v) is 4.66. The number of fused-ring (bicyclic) bond motifs is 1. The quantitative estimate of drug-likeness (QED) is 0.580. The molecule has 0 unspecified atom stereocenters. The van der Waals surface area contributed by atoms with Crippen LogP contribution in [-0.2, 0) is 0 Å². The third-order valence-electron chi connectivity index (χ3n) is 4.66. The van der Waals surface area contributed by atoms with Crippen LogP contribution in [0, 0.1) is 17.5 Å². The molecular formula is C22H23F3N4. The zero-order chi connectivity index (χ0) is 20.8. The van der Waals surface area contributed by atoms with Crippen molar-refractivity contribution in [3.05, 3.63) is 65.2 Å². The highest BCUT2D eigenvalue weighted by Crippen LogP contribution is 2.22. The van der Waals surface area contributed by atoms with E-state index in [-0.39, 0.29) is 5.82 Å². The molecular weight excluding hydrogens is 377 g/mol. The first-order chi connectivity index (χ1) is 14.0. The Balaban J connectivity index is 1.88. The van der Waals surface area contributed by atoms with Gasteiger partial charge < -0.3 is 10.2 Å². The molecule has 1 heterocycles. The normalized spacial score (nSPS) is 11.7. The number of hydrogen-bond acceptors (Lipinski definition) is 4. The smallest absolute Gasteiger partial charge is 0.159 e. The Hall–Kier alpha value is -2.93. The molecule has 7 heteroatoms. The van der Waals surface area contributed by atoms with Gasteiger partial charge in [-0.15, -0.1) is 0 Å². The van der Waals surface area contributed by atoms with E-state index < -0.39 is 11.6 Å². The summed E-state index contributed by atoms with van der Waals surface area (Å²) >= 11 is 0. The Morgan fingerprint density at radius 1 is 0.931 bits per heavy atom. The fraction of sp³-hybridized carbons (Fsp3) is 0.273. The second-order valence-electron chi connectivity index (χ2n) is 6.55. The molecule has 0 radical (unpaired) electrons. The standard InChI is InChI=1S/C22H23F3N4/c1-3-29(4-2)12-11-26-22-17-14-16(23)7-9-20(17)27-21(28-22)10-6-15-5-8-18(24)19(25)13-15/h5-10,13-14H,3-4,11-12H2,1-2H3,(H,26,27,28). The molecule has 0 saturated carbocycles. The van der Waals surface area contributed by atoms with Crippen molar-refractivity contribution < 1.29 is 13.2 Å². The van der Waals surface area contributed by atoms with Crippen molar-refractivity contribution in [1.82, 2.24) is 14.9 Å². The summed E-state index contributed by atoms with van der Waals surface area (Å²) in [4.78, 5) is 11.2. The van der Waals surface area contributed by atoms with Crippen LogP contribution in [0.15, 0.2) is 36.4 Å². The number of aromatic nitrogens is 2. The fourth-order valence-corrected chi connectivity index (χ4v) is 2.99. The summed E-state index contributed by atoms with van der Waals surface area (Å²) in [6.07, 6.45) is 3.22. The second kappa shape index (κ2) is 9.52. The van der Waals surface area contributed by atoms with Gasteiger partial charge in [-0.2, -0.15) is 0 Å². The van der Waals surface area contributed by atoms with Gasteiger partial charge in [-0.05, 0) is 55.1 Å². The van der Waals surface area contributed by atoms with Crippen LogP contribution in [0.2, 0.25) is 0 Å². The van der Waals surface area contributed by atoms with E-state index in [1.54, 1.807) is 18.2 Å². The molecule has 0 fully saturated rings. The van der Waals surface area contributed by atoms with Crippen LogP contribution in [0.5, 0.6) is 0 Å².